The fourth-order valence-electron chi connectivity index (χ4n) is 2.91. The second-order valence-corrected chi connectivity index (χ2v) is 6.82. The Morgan fingerprint density at radius 3 is 2.22 bits per heavy atom. The number of hydrogen-bond donors (Lipinski definition) is 1. The van der Waals surface area contributed by atoms with Crippen LogP contribution in [0.15, 0.2) is 0 Å². The molecule has 0 bridgehead atoms. The molecule has 23 heavy (non-hydrogen) atoms. The number of aliphatic hydroxyl groups is 1. The standard InChI is InChI=1S/C14H12Cl4O5/c1-2-21-12(19)13-4-3-5-14(13,20)23-11-9(18)7(16)6(15)8(17)10(11)22-13/h20H,2-5H2,1H3/t13-,14-/m0/s1. The zero-order chi connectivity index (χ0) is 17.0. The van der Waals surface area contributed by atoms with Crippen molar-refractivity contribution in [2.24, 2.45) is 0 Å². The molecular formula is C14H12Cl4O5. The van der Waals surface area contributed by atoms with Crippen molar-refractivity contribution in [1.29, 1.82) is 0 Å². The molecule has 3 rings (SSSR count). The van der Waals surface area contributed by atoms with Crippen LogP contribution in [0.3, 0.4) is 0 Å². The van der Waals surface area contributed by atoms with E-state index >= 15 is 0 Å². The van der Waals surface area contributed by atoms with Gasteiger partial charge in [0, 0.05) is 12.8 Å². The number of carbonyl (C=O) groups is 1. The van der Waals surface area contributed by atoms with Gasteiger partial charge in [0.25, 0.3) is 11.4 Å². The third kappa shape index (κ3) is 2.29. The summed E-state index contributed by atoms with van der Waals surface area (Å²) >= 11 is 24.3. The highest BCUT2D eigenvalue weighted by Gasteiger charge is 2.68. The van der Waals surface area contributed by atoms with Crippen LogP contribution in [0.25, 0.3) is 0 Å². The molecule has 1 aliphatic heterocycles. The second-order valence-electron chi connectivity index (χ2n) is 5.30. The Kier molecular flexibility index (Phi) is 4.30. The van der Waals surface area contributed by atoms with Gasteiger partial charge in [0.2, 0.25) is 0 Å². The number of ether oxygens (including phenoxy) is 3. The highest BCUT2D eigenvalue weighted by Crippen LogP contribution is 2.58. The van der Waals surface area contributed by atoms with Crippen molar-refractivity contribution in [3.05, 3.63) is 20.1 Å². The molecule has 1 fully saturated rings. The van der Waals surface area contributed by atoms with Crippen LogP contribution in [0.4, 0.5) is 0 Å². The maximum Gasteiger partial charge on any atom is 0.357 e. The van der Waals surface area contributed by atoms with Crippen LogP contribution < -0.4 is 9.47 Å². The number of rotatable bonds is 2. The van der Waals surface area contributed by atoms with Gasteiger partial charge in [-0.15, -0.1) is 0 Å². The Labute approximate surface area is 152 Å². The summed E-state index contributed by atoms with van der Waals surface area (Å²) in [6.07, 6.45) is 0.857. The molecule has 1 aliphatic carbocycles. The van der Waals surface area contributed by atoms with Crippen molar-refractivity contribution in [3.63, 3.8) is 0 Å². The monoisotopic (exact) mass is 400 g/mol. The van der Waals surface area contributed by atoms with E-state index in [0.29, 0.717) is 6.42 Å². The van der Waals surface area contributed by atoms with E-state index in [2.05, 4.69) is 0 Å². The normalized spacial score (nSPS) is 28.4. The minimum absolute atomic E-state index is 0.0223. The van der Waals surface area contributed by atoms with Gasteiger partial charge < -0.3 is 19.3 Å². The lowest BCUT2D eigenvalue weighted by molar-refractivity contribution is -0.250. The number of hydrogen-bond acceptors (Lipinski definition) is 5. The van der Waals surface area contributed by atoms with E-state index in [1.54, 1.807) is 6.92 Å². The van der Waals surface area contributed by atoms with Gasteiger partial charge in [-0.1, -0.05) is 46.4 Å². The molecule has 0 radical (unpaired) electrons. The minimum atomic E-state index is -1.92. The zero-order valence-electron chi connectivity index (χ0n) is 11.9. The summed E-state index contributed by atoms with van der Waals surface area (Å²) in [6.45, 7) is 1.78. The van der Waals surface area contributed by atoms with E-state index < -0.39 is 17.4 Å². The minimum Gasteiger partial charge on any atom is -0.463 e. The van der Waals surface area contributed by atoms with Gasteiger partial charge in [-0.05, 0) is 13.3 Å². The number of halogens is 4. The first-order valence-electron chi connectivity index (χ1n) is 6.91. The van der Waals surface area contributed by atoms with E-state index in [9.17, 15) is 9.90 Å². The van der Waals surface area contributed by atoms with E-state index in [1.807, 2.05) is 0 Å². The number of benzene rings is 1. The molecule has 0 aromatic heterocycles. The van der Waals surface area contributed by atoms with Crippen LogP contribution in [-0.4, -0.2) is 29.1 Å². The molecule has 1 aromatic carbocycles. The largest absolute Gasteiger partial charge is 0.463 e. The van der Waals surface area contributed by atoms with E-state index in [0.717, 1.165) is 0 Å². The number of fused-ring (bicyclic) bond motifs is 2. The topological polar surface area (TPSA) is 65.0 Å². The first-order valence-corrected chi connectivity index (χ1v) is 8.42. The van der Waals surface area contributed by atoms with Crippen LogP contribution in [0.5, 0.6) is 11.5 Å². The van der Waals surface area contributed by atoms with Gasteiger partial charge in [0.05, 0.1) is 16.7 Å². The molecule has 5 nitrogen and oxygen atoms in total. The summed E-state index contributed by atoms with van der Waals surface area (Å²) in [5, 5.41) is 10.7. The average molecular weight is 402 g/mol. The van der Waals surface area contributed by atoms with E-state index in [-0.39, 0.29) is 51.0 Å². The fourth-order valence-corrected chi connectivity index (χ4v) is 3.80. The summed E-state index contributed by atoms with van der Waals surface area (Å²) in [7, 11) is 0. The Hall–Kier alpha value is -0.590. The molecule has 0 spiro atoms. The Morgan fingerprint density at radius 2 is 1.65 bits per heavy atom. The quantitative estimate of drug-likeness (QED) is 0.456. The van der Waals surface area contributed by atoms with Crippen molar-refractivity contribution >= 4 is 52.4 Å². The van der Waals surface area contributed by atoms with Crippen LogP contribution in [0, 0.1) is 0 Å². The van der Waals surface area contributed by atoms with E-state index in [1.165, 1.54) is 0 Å². The summed E-state index contributed by atoms with van der Waals surface area (Å²) in [5.41, 5.74) is -1.72. The third-order valence-corrected chi connectivity index (χ3v) is 5.78. The maximum atomic E-state index is 12.4. The van der Waals surface area contributed by atoms with Crippen molar-refractivity contribution in [3.8, 4) is 11.5 Å². The molecule has 0 amide bonds. The fraction of sp³-hybridized carbons (Fsp3) is 0.500. The molecule has 1 N–H and O–H groups in total. The van der Waals surface area contributed by atoms with Gasteiger partial charge in [-0.25, -0.2) is 4.79 Å². The van der Waals surface area contributed by atoms with E-state index in [4.69, 9.17) is 60.6 Å². The SMILES string of the molecule is CCOC(=O)[C@@]12CCC[C@]1(O)Oc1c(Cl)c(Cl)c(Cl)c(Cl)c1O2. The molecule has 9 heteroatoms. The summed E-state index contributed by atoms with van der Waals surface area (Å²) < 4.78 is 16.5. The van der Waals surface area contributed by atoms with Crippen LogP contribution >= 0.6 is 46.4 Å². The maximum absolute atomic E-state index is 12.4. The van der Waals surface area contributed by atoms with Gasteiger partial charge in [-0.2, -0.15) is 0 Å². The molecule has 0 unspecified atom stereocenters. The van der Waals surface area contributed by atoms with Crippen molar-refractivity contribution in [2.75, 3.05) is 6.61 Å². The van der Waals surface area contributed by atoms with Gasteiger partial charge in [0.15, 0.2) is 11.5 Å². The van der Waals surface area contributed by atoms with Crippen LogP contribution in [-0.2, 0) is 9.53 Å². The average Bonchev–Trinajstić information content (AvgIpc) is 2.87. The molecule has 1 saturated carbocycles. The lowest BCUT2D eigenvalue weighted by atomic mass is 9.94. The molecule has 0 saturated heterocycles. The lowest BCUT2D eigenvalue weighted by Crippen LogP contribution is -2.65. The highest BCUT2D eigenvalue weighted by atomic mass is 35.5. The first kappa shape index (κ1) is 17.2. The van der Waals surface area contributed by atoms with Gasteiger partial charge in [-0.3, -0.25) is 0 Å². The molecule has 2 aliphatic rings. The Morgan fingerprint density at radius 1 is 1.09 bits per heavy atom. The van der Waals surface area contributed by atoms with Gasteiger partial charge >= 0.3 is 5.97 Å². The van der Waals surface area contributed by atoms with Crippen LogP contribution in [0.1, 0.15) is 26.2 Å². The summed E-state index contributed by atoms with van der Waals surface area (Å²) in [4.78, 5) is 12.4. The molecule has 1 heterocycles. The summed E-state index contributed by atoms with van der Waals surface area (Å²) in [5.74, 6) is -2.74. The predicted octanol–water partition coefficient (Wildman–Crippen LogP) is 4.25. The predicted molar refractivity (Wildman–Crippen MR) is 85.9 cm³/mol. The Balaban J connectivity index is 2.19. The Bertz CT molecular complexity index is 694. The highest BCUT2D eigenvalue weighted by molar-refractivity contribution is 6.53. The number of esters is 1. The molecular weight excluding hydrogens is 390 g/mol. The molecule has 126 valence electrons. The van der Waals surface area contributed by atoms with Crippen molar-refractivity contribution in [1.82, 2.24) is 0 Å². The third-order valence-electron chi connectivity index (χ3n) is 4.01. The van der Waals surface area contributed by atoms with Crippen molar-refractivity contribution < 1.29 is 24.1 Å². The first-order chi connectivity index (χ1) is 10.8. The zero-order valence-corrected chi connectivity index (χ0v) is 14.9. The van der Waals surface area contributed by atoms with Gasteiger partial charge in [0.1, 0.15) is 10.0 Å². The smallest absolute Gasteiger partial charge is 0.357 e. The van der Waals surface area contributed by atoms with Crippen molar-refractivity contribution in [2.45, 2.75) is 37.6 Å². The summed E-state index contributed by atoms with van der Waals surface area (Å²) in [6, 6.07) is 0. The number of carbonyl (C=O) groups excluding carboxylic acids is 1. The molecule has 1 aromatic rings. The second kappa shape index (κ2) is 5.74. The molecule has 2 atom stereocenters. The lowest BCUT2D eigenvalue weighted by Gasteiger charge is -2.44. The van der Waals surface area contributed by atoms with Crippen LogP contribution in [0.2, 0.25) is 20.1 Å².